The van der Waals surface area contributed by atoms with Crippen molar-refractivity contribution in [2.75, 3.05) is 16.8 Å². The first-order valence-electron chi connectivity index (χ1n) is 5.09. The zero-order valence-corrected chi connectivity index (χ0v) is 10.2. The first kappa shape index (κ1) is 11.0. The van der Waals surface area contributed by atoms with Crippen LogP contribution in [0, 0.1) is 6.92 Å². The maximum absolute atomic E-state index is 5.94. The van der Waals surface area contributed by atoms with Crippen molar-refractivity contribution in [2.45, 2.75) is 25.8 Å². The van der Waals surface area contributed by atoms with Gasteiger partial charge in [-0.2, -0.15) is 11.8 Å². The molecule has 0 atom stereocenters. The van der Waals surface area contributed by atoms with E-state index in [0.717, 1.165) is 11.4 Å². The second-order valence-electron chi connectivity index (χ2n) is 3.67. The molecule has 0 unspecified atom stereocenters. The summed E-state index contributed by atoms with van der Waals surface area (Å²) in [6.45, 7) is 1.95. The molecule has 0 aliphatic carbocycles. The molecule has 1 N–H and O–H groups in total. The van der Waals surface area contributed by atoms with Crippen molar-refractivity contribution in [1.82, 2.24) is 9.97 Å². The maximum Gasteiger partial charge on any atom is 0.137 e. The number of nitrogens with zero attached hydrogens (tertiary/aromatic N) is 2. The van der Waals surface area contributed by atoms with Crippen LogP contribution in [0.3, 0.4) is 0 Å². The number of hydrogen-bond donors (Lipinski definition) is 1. The quantitative estimate of drug-likeness (QED) is 0.811. The zero-order chi connectivity index (χ0) is 10.7. The van der Waals surface area contributed by atoms with Gasteiger partial charge < -0.3 is 5.32 Å². The number of hydrogen-bond acceptors (Lipinski definition) is 4. The van der Waals surface area contributed by atoms with Crippen LogP contribution in [-0.2, 0) is 0 Å². The van der Waals surface area contributed by atoms with E-state index in [1.807, 2.05) is 18.7 Å². The minimum Gasteiger partial charge on any atom is -0.367 e. The molecule has 1 saturated heterocycles. The van der Waals surface area contributed by atoms with E-state index in [4.69, 9.17) is 11.6 Å². The first-order valence-corrected chi connectivity index (χ1v) is 6.62. The number of halogens is 1. The van der Waals surface area contributed by atoms with Crippen molar-refractivity contribution >= 4 is 29.2 Å². The number of aromatic nitrogens is 2. The summed E-state index contributed by atoms with van der Waals surface area (Å²) < 4.78 is 0. The van der Waals surface area contributed by atoms with Crippen LogP contribution in [0.5, 0.6) is 0 Å². The fourth-order valence-corrected chi connectivity index (χ4v) is 2.85. The second-order valence-corrected chi connectivity index (χ2v) is 5.25. The molecule has 2 rings (SSSR count). The number of anilines is 1. The summed E-state index contributed by atoms with van der Waals surface area (Å²) in [5.74, 6) is 3.34. The molecule has 1 aromatic heterocycles. The molecule has 0 spiro atoms. The SMILES string of the molecule is Cc1c(Cl)ncnc1NC1CCSCC1. The van der Waals surface area contributed by atoms with Gasteiger partial charge in [0.25, 0.3) is 0 Å². The lowest BCUT2D eigenvalue weighted by Gasteiger charge is -2.23. The molecular formula is C10H14ClN3S. The van der Waals surface area contributed by atoms with E-state index in [1.54, 1.807) is 0 Å². The van der Waals surface area contributed by atoms with E-state index in [1.165, 1.54) is 30.7 Å². The van der Waals surface area contributed by atoms with E-state index >= 15 is 0 Å². The third-order valence-corrected chi connectivity index (χ3v) is 4.01. The average Bonchev–Trinajstić information content (AvgIpc) is 2.26. The number of rotatable bonds is 2. The Morgan fingerprint density at radius 2 is 2.13 bits per heavy atom. The predicted molar refractivity (Wildman–Crippen MR) is 65.7 cm³/mol. The van der Waals surface area contributed by atoms with Gasteiger partial charge in [0.2, 0.25) is 0 Å². The van der Waals surface area contributed by atoms with E-state index in [9.17, 15) is 0 Å². The van der Waals surface area contributed by atoms with Gasteiger partial charge in [-0.3, -0.25) is 0 Å². The Kier molecular flexibility index (Phi) is 3.70. The van der Waals surface area contributed by atoms with E-state index in [2.05, 4.69) is 15.3 Å². The molecule has 1 aliphatic rings. The van der Waals surface area contributed by atoms with Crippen molar-refractivity contribution in [3.8, 4) is 0 Å². The molecule has 5 heteroatoms. The van der Waals surface area contributed by atoms with Gasteiger partial charge >= 0.3 is 0 Å². The highest BCUT2D eigenvalue weighted by atomic mass is 35.5. The molecule has 15 heavy (non-hydrogen) atoms. The Labute approximate surface area is 99.0 Å². The van der Waals surface area contributed by atoms with E-state index in [-0.39, 0.29) is 0 Å². The molecule has 1 fully saturated rings. The van der Waals surface area contributed by atoms with Gasteiger partial charge in [-0.25, -0.2) is 9.97 Å². The van der Waals surface area contributed by atoms with Crippen molar-refractivity contribution < 1.29 is 0 Å². The van der Waals surface area contributed by atoms with Gasteiger partial charge in [0, 0.05) is 11.6 Å². The third-order valence-electron chi connectivity index (χ3n) is 2.58. The van der Waals surface area contributed by atoms with E-state index in [0.29, 0.717) is 11.2 Å². The lowest BCUT2D eigenvalue weighted by Crippen LogP contribution is -2.25. The lowest BCUT2D eigenvalue weighted by molar-refractivity contribution is 0.662. The molecule has 2 heterocycles. The van der Waals surface area contributed by atoms with Crippen molar-refractivity contribution in [3.63, 3.8) is 0 Å². The molecule has 0 bridgehead atoms. The summed E-state index contributed by atoms with van der Waals surface area (Å²) in [4.78, 5) is 8.16. The van der Waals surface area contributed by atoms with Crippen LogP contribution in [0.25, 0.3) is 0 Å². The van der Waals surface area contributed by atoms with Gasteiger partial charge in [-0.1, -0.05) is 11.6 Å². The maximum atomic E-state index is 5.94. The molecular weight excluding hydrogens is 230 g/mol. The molecule has 0 aromatic carbocycles. The van der Waals surface area contributed by atoms with Crippen LogP contribution in [0.2, 0.25) is 5.15 Å². The Balaban J connectivity index is 2.06. The Bertz CT molecular complexity index is 339. The zero-order valence-electron chi connectivity index (χ0n) is 8.66. The minimum atomic E-state index is 0.538. The van der Waals surface area contributed by atoms with Gasteiger partial charge in [-0.15, -0.1) is 0 Å². The van der Waals surface area contributed by atoms with Crippen molar-refractivity contribution in [3.05, 3.63) is 17.0 Å². The Hall–Kier alpha value is -0.480. The van der Waals surface area contributed by atoms with Crippen LogP contribution in [-0.4, -0.2) is 27.5 Å². The monoisotopic (exact) mass is 243 g/mol. The normalized spacial score (nSPS) is 17.7. The van der Waals surface area contributed by atoms with Crippen LogP contribution in [0.4, 0.5) is 5.82 Å². The molecule has 0 radical (unpaired) electrons. The largest absolute Gasteiger partial charge is 0.367 e. The van der Waals surface area contributed by atoms with Gasteiger partial charge in [0.05, 0.1) is 0 Å². The molecule has 0 saturated carbocycles. The smallest absolute Gasteiger partial charge is 0.137 e. The molecule has 3 nitrogen and oxygen atoms in total. The highest BCUT2D eigenvalue weighted by Gasteiger charge is 2.15. The van der Waals surface area contributed by atoms with Gasteiger partial charge in [-0.05, 0) is 31.3 Å². The standard InChI is InChI=1S/C10H14ClN3S/c1-7-9(11)12-6-13-10(7)14-8-2-4-15-5-3-8/h6,8H,2-5H2,1H3,(H,12,13,14). The molecule has 1 aromatic rings. The summed E-state index contributed by atoms with van der Waals surface area (Å²) >= 11 is 7.95. The summed E-state index contributed by atoms with van der Waals surface area (Å²) in [7, 11) is 0. The van der Waals surface area contributed by atoms with Crippen LogP contribution in [0.1, 0.15) is 18.4 Å². The highest BCUT2D eigenvalue weighted by molar-refractivity contribution is 7.99. The molecule has 82 valence electrons. The Morgan fingerprint density at radius 3 is 2.87 bits per heavy atom. The van der Waals surface area contributed by atoms with Crippen LogP contribution in [0.15, 0.2) is 6.33 Å². The van der Waals surface area contributed by atoms with Gasteiger partial charge in [0.15, 0.2) is 0 Å². The van der Waals surface area contributed by atoms with Crippen LogP contribution >= 0.6 is 23.4 Å². The fourth-order valence-electron chi connectivity index (χ4n) is 1.61. The summed E-state index contributed by atoms with van der Waals surface area (Å²) in [6.07, 6.45) is 3.91. The summed E-state index contributed by atoms with van der Waals surface area (Å²) in [6, 6.07) is 0.538. The number of nitrogens with one attached hydrogen (secondary N) is 1. The highest BCUT2D eigenvalue weighted by Crippen LogP contribution is 2.23. The average molecular weight is 244 g/mol. The van der Waals surface area contributed by atoms with E-state index < -0.39 is 0 Å². The van der Waals surface area contributed by atoms with Crippen LogP contribution < -0.4 is 5.32 Å². The fraction of sp³-hybridized carbons (Fsp3) is 0.600. The minimum absolute atomic E-state index is 0.538. The Morgan fingerprint density at radius 1 is 1.40 bits per heavy atom. The molecule has 1 aliphatic heterocycles. The summed E-state index contributed by atoms with van der Waals surface area (Å²) in [5, 5.41) is 3.98. The topological polar surface area (TPSA) is 37.8 Å². The second kappa shape index (κ2) is 5.03. The third kappa shape index (κ3) is 2.75. The van der Waals surface area contributed by atoms with Gasteiger partial charge in [0.1, 0.15) is 17.3 Å². The van der Waals surface area contributed by atoms with Crippen molar-refractivity contribution in [1.29, 1.82) is 0 Å². The first-order chi connectivity index (χ1) is 7.27. The number of thioether (sulfide) groups is 1. The summed E-state index contributed by atoms with van der Waals surface area (Å²) in [5.41, 5.74) is 0.942. The van der Waals surface area contributed by atoms with Crippen molar-refractivity contribution in [2.24, 2.45) is 0 Å². The molecule has 0 amide bonds. The predicted octanol–water partition coefficient (Wildman–Crippen LogP) is 2.75. The lowest BCUT2D eigenvalue weighted by atomic mass is 10.1.